The zero-order valence-corrected chi connectivity index (χ0v) is 14.4. The minimum atomic E-state index is 0.157. The van der Waals surface area contributed by atoms with Crippen molar-refractivity contribution in [3.63, 3.8) is 0 Å². The van der Waals surface area contributed by atoms with Gasteiger partial charge in [-0.3, -0.25) is 4.90 Å². The van der Waals surface area contributed by atoms with Crippen molar-refractivity contribution in [3.05, 3.63) is 16.1 Å². The first kappa shape index (κ1) is 15.9. The number of likely N-dealkylation sites (tertiary alicyclic amines) is 1. The van der Waals surface area contributed by atoms with Gasteiger partial charge in [0.05, 0.1) is 16.7 Å². The van der Waals surface area contributed by atoms with Crippen LogP contribution >= 0.6 is 11.3 Å². The van der Waals surface area contributed by atoms with Crippen molar-refractivity contribution in [2.75, 3.05) is 27.2 Å². The van der Waals surface area contributed by atoms with Crippen molar-refractivity contribution in [2.24, 2.45) is 5.92 Å². The van der Waals surface area contributed by atoms with Crippen LogP contribution in [0.5, 0.6) is 0 Å². The summed E-state index contributed by atoms with van der Waals surface area (Å²) in [4.78, 5) is 7.49. The minimum Gasteiger partial charge on any atom is -0.319 e. The average Bonchev–Trinajstić information content (AvgIpc) is 2.77. The van der Waals surface area contributed by atoms with Crippen LogP contribution in [0.3, 0.4) is 0 Å². The summed E-state index contributed by atoms with van der Waals surface area (Å²) in [6.45, 7) is 9.01. The highest BCUT2D eigenvalue weighted by Gasteiger charge is 2.31. The molecule has 2 unspecified atom stereocenters. The summed E-state index contributed by atoms with van der Waals surface area (Å²) in [7, 11) is 4.32. The highest BCUT2D eigenvalue weighted by Crippen LogP contribution is 2.36. The third-order valence-corrected chi connectivity index (χ3v) is 5.48. The van der Waals surface area contributed by atoms with Crippen molar-refractivity contribution in [1.82, 2.24) is 15.2 Å². The van der Waals surface area contributed by atoms with Gasteiger partial charge in [-0.15, -0.1) is 11.3 Å². The molecule has 0 aromatic carbocycles. The van der Waals surface area contributed by atoms with E-state index in [0.717, 1.165) is 6.54 Å². The maximum atomic E-state index is 4.98. The molecule has 0 bridgehead atoms. The summed E-state index contributed by atoms with van der Waals surface area (Å²) in [6.07, 6.45) is 3.95. The Labute approximate surface area is 127 Å². The monoisotopic (exact) mass is 295 g/mol. The zero-order chi connectivity index (χ0) is 14.8. The fourth-order valence-electron chi connectivity index (χ4n) is 3.13. The van der Waals surface area contributed by atoms with Gasteiger partial charge in [0.2, 0.25) is 0 Å². The molecule has 1 aromatic rings. The van der Waals surface area contributed by atoms with Crippen LogP contribution < -0.4 is 5.32 Å². The Hall–Kier alpha value is -0.450. The molecule has 1 fully saturated rings. The van der Waals surface area contributed by atoms with Crippen LogP contribution in [0.1, 0.15) is 56.8 Å². The number of nitrogens with zero attached hydrogens (tertiary/aromatic N) is 2. The lowest BCUT2D eigenvalue weighted by atomic mass is 9.92. The molecule has 2 rings (SSSR count). The number of hydrogen-bond acceptors (Lipinski definition) is 4. The van der Waals surface area contributed by atoms with Crippen molar-refractivity contribution in [1.29, 1.82) is 0 Å². The van der Waals surface area contributed by atoms with Crippen LogP contribution in [0.25, 0.3) is 0 Å². The lowest BCUT2D eigenvalue weighted by Gasteiger charge is -2.31. The fraction of sp³-hybridized carbons (Fsp3) is 0.812. The third kappa shape index (κ3) is 3.60. The molecule has 0 saturated carbocycles. The van der Waals surface area contributed by atoms with Gasteiger partial charge in [-0.05, 0) is 45.9 Å². The second-order valence-electron chi connectivity index (χ2n) is 7.07. The number of thiazole rings is 1. The van der Waals surface area contributed by atoms with E-state index in [9.17, 15) is 0 Å². The highest BCUT2D eigenvalue weighted by atomic mass is 32.1. The van der Waals surface area contributed by atoms with Gasteiger partial charge in [-0.25, -0.2) is 4.98 Å². The summed E-state index contributed by atoms with van der Waals surface area (Å²) >= 11 is 1.82. The lowest BCUT2D eigenvalue weighted by Crippen LogP contribution is -2.34. The molecular weight excluding hydrogens is 266 g/mol. The molecule has 1 aliphatic rings. The summed E-state index contributed by atoms with van der Waals surface area (Å²) in [6, 6.07) is 0.470. The van der Waals surface area contributed by atoms with Crippen molar-refractivity contribution >= 4 is 11.3 Å². The van der Waals surface area contributed by atoms with Crippen molar-refractivity contribution in [3.8, 4) is 0 Å². The quantitative estimate of drug-likeness (QED) is 0.926. The number of aromatic nitrogens is 1. The van der Waals surface area contributed by atoms with Crippen LogP contribution in [0.2, 0.25) is 0 Å². The Morgan fingerprint density at radius 2 is 2.15 bits per heavy atom. The molecular formula is C16H29N3S. The third-order valence-electron chi connectivity index (χ3n) is 4.19. The normalized spacial score (nSPS) is 25.6. The number of rotatable bonds is 3. The summed E-state index contributed by atoms with van der Waals surface area (Å²) in [5.41, 5.74) is 1.44. The Morgan fingerprint density at radius 3 is 2.75 bits per heavy atom. The maximum Gasteiger partial charge on any atom is 0.0982 e. The van der Waals surface area contributed by atoms with Crippen molar-refractivity contribution < 1.29 is 0 Å². The smallest absolute Gasteiger partial charge is 0.0982 e. The van der Waals surface area contributed by atoms with E-state index in [0.29, 0.717) is 12.0 Å². The molecule has 3 nitrogen and oxygen atoms in total. The largest absolute Gasteiger partial charge is 0.319 e. The van der Waals surface area contributed by atoms with Gasteiger partial charge in [-0.1, -0.05) is 27.2 Å². The molecule has 20 heavy (non-hydrogen) atoms. The summed E-state index contributed by atoms with van der Waals surface area (Å²) in [5, 5.41) is 6.92. The maximum absolute atomic E-state index is 4.98. The van der Waals surface area contributed by atoms with Gasteiger partial charge in [-0.2, -0.15) is 0 Å². The molecule has 1 aromatic heterocycles. The van der Waals surface area contributed by atoms with E-state index in [4.69, 9.17) is 4.98 Å². The van der Waals surface area contributed by atoms with E-state index in [1.165, 1.54) is 36.5 Å². The van der Waals surface area contributed by atoms with Gasteiger partial charge >= 0.3 is 0 Å². The highest BCUT2D eigenvalue weighted by molar-refractivity contribution is 7.09. The van der Waals surface area contributed by atoms with Gasteiger partial charge in [0.15, 0.2) is 0 Å². The van der Waals surface area contributed by atoms with E-state index in [2.05, 4.69) is 50.5 Å². The van der Waals surface area contributed by atoms with Crippen LogP contribution in [-0.2, 0) is 5.41 Å². The molecule has 2 atom stereocenters. The first-order valence-electron chi connectivity index (χ1n) is 7.74. The Kier molecular flexibility index (Phi) is 5.21. The van der Waals surface area contributed by atoms with Gasteiger partial charge in [0.1, 0.15) is 0 Å². The molecule has 0 aliphatic carbocycles. The van der Waals surface area contributed by atoms with Gasteiger partial charge in [0, 0.05) is 10.8 Å². The molecule has 1 saturated heterocycles. The predicted molar refractivity (Wildman–Crippen MR) is 87.5 cm³/mol. The van der Waals surface area contributed by atoms with E-state index < -0.39 is 0 Å². The standard InChI is InChI=1S/C16H29N3S/c1-16(2,3)15-18-13(11-20-15)14-12(10-17-4)8-6-7-9-19(14)5/h11-12,14,17H,6-10H2,1-5H3. The van der Waals surface area contributed by atoms with Crippen LogP contribution in [0, 0.1) is 5.92 Å². The molecule has 0 spiro atoms. The molecule has 2 heterocycles. The van der Waals surface area contributed by atoms with Gasteiger partial charge < -0.3 is 5.32 Å². The second-order valence-corrected chi connectivity index (χ2v) is 7.92. The summed E-state index contributed by atoms with van der Waals surface area (Å²) in [5.74, 6) is 0.669. The fourth-order valence-corrected chi connectivity index (χ4v) is 4.07. The minimum absolute atomic E-state index is 0.157. The van der Waals surface area contributed by atoms with Crippen LogP contribution in [0.15, 0.2) is 5.38 Å². The molecule has 1 N–H and O–H groups in total. The van der Waals surface area contributed by atoms with E-state index >= 15 is 0 Å². The molecule has 1 aliphatic heterocycles. The number of hydrogen-bond donors (Lipinski definition) is 1. The Bertz CT molecular complexity index is 422. The zero-order valence-electron chi connectivity index (χ0n) is 13.6. The van der Waals surface area contributed by atoms with Crippen molar-refractivity contribution in [2.45, 2.75) is 51.5 Å². The van der Waals surface area contributed by atoms with E-state index in [1.54, 1.807) is 0 Å². The first-order chi connectivity index (χ1) is 9.43. The van der Waals surface area contributed by atoms with E-state index in [-0.39, 0.29) is 5.41 Å². The number of nitrogens with one attached hydrogen (secondary N) is 1. The Balaban J connectivity index is 2.27. The van der Waals surface area contributed by atoms with Crippen LogP contribution in [-0.4, -0.2) is 37.1 Å². The molecule has 114 valence electrons. The average molecular weight is 295 g/mol. The molecule has 4 heteroatoms. The SMILES string of the molecule is CNCC1CCCCN(C)C1c1csc(C(C)(C)C)n1. The lowest BCUT2D eigenvalue weighted by molar-refractivity contribution is 0.187. The second kappa shape index (κ2) is 6.54. The summed E-state index contributed by atoms with van der Waals surface area (Å²) < 4.78 is 0. The topological polar surface area (TPSA) is 28.2 Å². The Morgan fingerprint density at radius 1 is 1.40 bits per heavy atom. The van der Waals surface area contributed by atoms with E-state index in [1.807, 2.05) is 11.3 Å². The van der Waals surface area contributed by atoms with Crippen LogP contribution in [0.4, 0.5) is 0 Å². The van der Waals surface area contributed by atoms with Gasteiger partial charge in [0.25, 0.3) is 0 Å². The molecule has 0 amide bonds. The molecule has 0 radical (unpaired) electrons. The first-order valence-corrected chi connectivity index (χ1v) is 8.62. The predicted octanol–water partition coefficient (Wildman–Crippen LogP) is 3.43.